The molecule has 92 valence electrons. The number of carbonyl (C=O) groups is 1. The molecule has 1 fully saturated rings. The van der Waals surface area contributed by atoms with Gasteiger partial charge < -0.3 is 9.74 Å². The lowest BCUT2D eigenvalue weighted by Gasteiger charge is -2.23. The predicted octanol–water partition coefficient (Wildman–Crippen LogP) is 1.32. The maximum Gasteiger partial charge on any atom is 0.257 e. The molecule has 2 rings (SSSR count). The number of amides is 1. The van der Waals surface area contributed by atoms with Gasteiger partial charge in [-0.3, -0.25) is 4.79 Å². The standard InChI is InChI=1S/C12H15FN2O2/c13-11-6-2-1-5-10(11)12(16)15-7-3-4-9(15)8-17-14/h1-2,5-6,9H,3-4,7-8,14H2. The molecule has 0 aliphatic carbocycles. The lowest BCUT2D eigenvalue weighted by Crippen LogP contribution is -2.39. The molecule has 0 saturated carbocycles. The molecule has 1 heterocycles. The molecule has 1 saturated heterocycles. The number of benzene rings is 1. The van der Waals surface area contributed by atoms with Crippen molar-refractivity contribution in [3.8, 4) is 0 Å². The second-order valence-electron chi connectivity index (χ2n) is 4.11. The first-order valence-electron chi connectivity index (χ1n) is 5.61. The normalized spacial score (nSPS) is 19.6. The highest BCUT2D eigenvalue weighted by atomic mass is 19.1. The van der Waals surface area contributed by atoms with Gasteiger partial charge in [-0.15, -0.1) is 0 Å². The van der Waals surface area contributed by atoms with E-state index >= 15 is 0 Å². The van der Waals surface area contributed by atoms with Gasteiger partial charge in [0.05, 0.1) is 18.2 Å². The van der Waals surface area contributed by atoms with E-state index in [1.54, 1.807) is 17.0 Å². The molecule has 0 radical (unpaired) electrons. The Morgan fingerprint density at radius 2 is 2.29 bits per heavy atom. The summed E-state index contributed by atoms with van der Waals surface area (Å²) in [5, 5.41) is 0. The fourth-order valence-corrected chi connectivity index (χ4v) is 2.18. The predicted molar refractivity (Wildman–Crippen MR) is 60.6 cm³/mol. The number of nitrogens with zero attached hydrogens (tertiary/aromatic N) is 1. The summed E-state index contributed by atoms with van der Waals surface area (Å²) in [6.45, 7) is 0.918. The Morgan fingerprint density at radius 3 is 3.00 bits per heavy atom. The zero-order chi connectivity index (χ0) is 12.3. The molecule has 2 N–H and O–H groups in total. The fourth-order valence-electron chi connectivity index (χ4n) is 2.18. The van der Waals surface area contributed by atoms with Gasteiger partial charge in [0.15, 0.2) is 0 Å². The van der Waals surface area contributed by atoms with Crippen molar-refractivity contribution < 1.29 is 14.0 Å². The van der Waals surface area contributed by atoms with E-state index in [2.05, 4.69) is 4.84 Å². The second-order valence-corrected chi connectivity index (χ2v) is 4.11. The fraction of sp³-hybridized carbons (Fsp3) is 0.417. The van der Waals surface area contributed by atoms with E-state index in [0.717, 1.165) is 12.8 Å². The Bertz CT molecular complexity index is 411. The average molecular weight is 238 g/mol. The lowest BCUT2D eigenvalue weighted by atomic mass is 10.1. The summed E-state index contributed by atoms with van der Waals surface area (Å²) < 4.78 is 13.5. The van der Waals surface area contributed by atoms with Gasteiger partial charge in [0, 0.05) is 6.54 Å². The first-order chi connectivity index (χ1) is 8.24. The third-order valence-electron chi connectivity index (χ3n) is 3.03. The van der Waals surface area contributed by atoms with E-state index in [1.165, 1.54) is 12.1 Å². The monoisotopic (exact) mass is 238 g/mol. The largest absolute Gasteiger partial charge is 0.333 e. The van der Waals surface area contributed by atoms with Gasteiger partial charge in [-0.1, -0.05) is 12.1 Å². The van der Waals surface area contributed by atoms with Crippen LogP contribution in [0.25, 0.3) is 0 Å². The minimum atomic E-state index is -0.489. The van der Waals surface area contributed by atoms with Crippen LogP contribution in [-0.4, -0.2) is 30.0 Å². The summed E-state index contributed by atoms with van der Waals surface area (Å²) in [6.07, 6.45) is 1.74. The number of likely N-dealkylation sites (tertiary alicyclic amines) is 1. The summed E-state index contributed by atoms with van der Waals surface area (Å²) in [5.74, 6) is 4.25. The molecule has 0 aromatic heterocycles. The van der Waals surface area contributed by atoms with Crippen LogP contribution in [0.1, 0.15) is 23.2 Å². The van der Waals surface area contributed by atoms with Crippen molar-refractivity contribution in [3.05, 3.63) is 35.6 Å². The molecule has 1 aromatic carbocycles. The smallest absolute Gasteiger partial charge is 0.257 e. The van der Waals surface area contributed by atoms with Crippen molar-refractivity contribution in [2.45, 2.75) is 18.9 Å². The van der Waals surface area contributed by atoms with Crippen LogP contribution in [0.3, 0.4) is 0 Å². The second kappa shape index (κ2) is 5.25. The Balaban J connectivity index is 2.17. The molecule has 1 atom stereocenters. The molecule has 17 heavy (non-hydrogen) atoms. The van der Waals surface area contributed by atoms with Crippen LogP contribution in [0.4, 0.5) is 4.39 Å². The van der Waals surface area contributed by atoms with E-state index in [-0.39, 0.29) is 17.5 Å². The van der Waals surface area contributed by atoms with E-state index < -0.39 is 5.82 Å². The van der Waals surface area contributed by atoms with Crippen molar-refractivity contribution in [1.82, 2.24) is 4.90 Å². The minimum Gasteiger partial charge on any atom is -0.333 e. The minimum absolute atomic E-state index is 0.0490. The van der Waals surface area contributed by atoms with Crippen LogP contribution in [0.15, 0.2) is 24.3 Å². The van der Waals surface area contributed by atoms with E-state index in [0.29, 0.717) is 13.2 Å². The summed E-state index contributed by atoms with van der Waals surface area (Å²) in [7, 11) is 0. The van der Waals surface area contributed by atoms with Crippen LogP contribution in [0.2, 0.25) is 0 Å². The summed E-state index contributed by atoms with van der Waals surface area (Å²) in [5.41, 5.74) is 0.108. The Morgan fingerprint density at radius 1 is 1.53 bits per heavy atom. The van der Waals surface area contributed by atoms with Crippen molar-refractivity contribution in [2.75, 3.05) is 13.2 Å². The Hall–Kier alpha value is -1.46. The molecule has 1 amide bonds. The highest BCUT2D eigenvalue weighted by molar-refractivity contribution is 5.94. The van der Waals surface area contributed by atoms with Crippen LogP contribution < -0.4 is 5.90 Å². The van der Waals surface area contributed by atoms with Crippen molar-refractivity contribution in [1.29, 1.82) is 0 Å². The molecule has 0 bridgehead atoms. The lowest BCUT2D eigenvalue weighted by molar-refractivity contribution is 0.0536. The van der Waals surface area contributed by atoms with Crippen molar-refractivity contribution in [3.63, 3.8) is 0 Å². The molecule has 1 aliphatic rings. The topological polar surface area (TPSA) is 55.6 Å². The van der Waals surface area contributed by atoms with Gasteiger partial charge in [0.2, 0.25) is 0 Å². The van der Waals surface area contributed by atoms with Crippen LogP contribution in [-0.2, 0) is 4.84 Å². The zero-order valence-electron chi connectivity index (χ0n) is 9.43. The average Bonchev–Trinajstić information content (AvgIpc) is 2.78. The quantitative estimate of drug-likeness (QED) is 0.808. The van der Waals surface area contributed by atoms with Gasteiger partial charge in [-0.05, 0) is 25.0 Å². The third-order valence-corrected chi connectivity index (χ3v) is 3.03. The number of hydrogen-bond donors (Lipinski definition) is 1. The molecule has 1 aliphatic heterocycles. The highest BCUT2D eigenvalue weighted by Crippen LogP contribution is 2.21. The van der Waals surface area contributed by atoms with Crippen LogP contribution in [0, 0.1) is 5.82 Å². The summed E-state index contributed by atoms with van der Waals surface area (Å²) in [4.78, 5) is 18.4. The third kappa shape index (κ3) is 2.45. The molecule has 5 heteroatoms. The van der Waals surface area contributed by atoms with Gasteiger partial charge in [0.1, 0.15) is 5.82 Å². The molecular formula is C12H15FN2O2. The molecule has 4 nitrogen and oxygen atoms in total. The molecule has 1 aromatic rings. The number of rotatable bonds is 3. The van der Waals surface area contributed by atoms with Crippen molar-refractivity contribution in [2.24, 2.45) is 5.90 Å². The first kappa shape index (κ1) is 12.0. The Kier molecular flexibility index (Phi) is 3.71. The number of nitrogens with two attached hydrogens (primary N) is 1. The maximum absolute atomic E-state index is 13.5. The first-order valence-corrected chi connectivity index (χ1v) is 5.61. The number of hydrogen-bond acceptors (Lipinski definition) is 3. The van der Waals surface area contributed by atoms with Gasteiger partial charge in [0.25, 0.3) is 5.91 Å². The molecule has 0 spiro atoms. The van der Waals surface area contributed by atoms with Crippen LogP contribution >= 0.6 is 0 Å². The molecule has 1 unspecified atom stereocenters. The Labute approximate surface area is 99.1 Å². The number of carbonyl (C=O) groups excluding carboxylic acids is 1. The van der Waals surface area contributed by atoms with E-state index in [9.17, 15) is 9.18 Å². The zero-order valence-corrected chi connectivity index (χ0v) is 9.43. The summed E-state index contributed by atoms with van der Waals surface area (Å²) >= 11 is 0. The van der Waals surface area contributed by atoms with Gasteiger partial charge >= 0.3 is 0 Å². The number of halogens is 1. The highest BCUT2D eigenvalue weighted by Gasteiger charge is 2.30. The maximum atomic E-state index is 13.5. The van der Waals surface area contributed by atoms with E-state index in [4.69, 9.17) is 5.90 Å². The SMILES string of the molecule is NOCC1CCCN1C(=O)c1ccccc1F. The van der Waals surface area contributed by atoms with Crippen LogP contribution in [0.5, 0.6) is 0 Å². The van der Waals surface area contributed by atoms with Crippen molar-refractivity contribution >= 4 is 5.91 Å². The van der Waals surface area contributed by atoms with Gasteiger partial charge in [-0.25, -0.2) is 10.3 Å². The van der Waals surface area contributed by atoms with Gasteiger partial charge in [-0.2, -0.15) is 0 Å². The molecular weight excluding hydrogens is 223 g/mol. The summed E-state index contributed by atoms with van der Waals surface area (Å²) in [6, 6.07) is 5.96. The van der Waals surface area contributed by atoms with E-state index in [1.807, 2.05) is 0 Å².